The number of hydrogen-bond acceptors (Lipinski definition) is 3. The summed E-state index contributed by atoms with van der Waals surface area (Å²) in [5, 5.41) is 1.90. The monoisotopic (exact) mass is 419 g/mol. The van der Waals surface area contributed by atoms with Gasteiger partial charge in [0.05, 0.1) is 5.56 Å². The Morgan fingerprint density at radius 1 is 1.10 bits per heavy atom. The van der Waals surface area contributed by atoms with Gasteiger partial charge in [-0.05, 0) is 41.5 Å². The smallest absolute Gasteiger partial charge is 0.294 e. The van der Waals surface area contributed by atoms with Crippen molar-refractivity contribution in [2.45, 2.75) is 45.2 Å². The highest BCUT2D eigenvalue weighted by molar-refractivity contribution is 7.10. The molecule has 3 nitrogen and oxygen atoms in total. The third-order valence-corrected chi connectivity index (χ3v) is 6.45. The summed E-state index contributed by atoms with van der Waals surface area (Å²) in [6.45, 7) is 3.89. The first-order valence-corrected chi connectivity index (χ1v) is 10.2. The van der Waals surface area contributed by atoms with Gasteiger partial charge in [0.2, 0.25) is 5.91 Å². The Kier molecular flexibility index (Phi) is 4.69. The van der Waals surface area contributed by atoms with E-state index < -0.39 is 11.7 Å². The summed E-state index contributed by atoms with van der Waals surface area (Å²) in [5.74, 6) is -0.644. The maximum atomic E-state index is 13.2. The molecule has 152 valence electrons. The number of carbonyl (C=O) groups is 2. The quantitative estimate of drug-likeness (QED) is 0.605. The van der Waals surface area contributed by atoms with Crippen molar-refractivity contribution >= 4 is 28.7 Å². The fourth-order valence-corrected chi connectivity index (χ4v) is 5.11. The second kappa shape index (κ2) is 6.83. The third-order valence-electron chi connectivity index (χ3n) is 5.46. The van der Waals surface area contributed by atoms with E-state index in [9.17, 15) is 22.8 Å². The average Bonchev–Trinajstić information content (AvgIpc) is 3.13. The molecule has 2 heterocycles. The Morgan fingerprint density at radius 2 is 1.86 bits per heavy atom. The fourth-order valence-electron chi connectivity index (χ4n) is 4.27. The van der Waals surface area contributed by atoms with Gasteiger partial charge < -0.3 is 0 Å². The molecule has 1 aromatic heterocycles. The number of rotatable bonds is 2. The SMILES string of the molecule is CC1(C)CC(=O)C2=C(C1)N(c1cccc(C(F)(F)F)c1)C(=O)CC2c1cccs1. The van der Waals surface area contributed by atoms with E-state index in [1.165, 1.54) is 28.4 Å². The van der Waals surface area contributed by atoms with Crippen LogP contribution in [-0.4, -0.2) is 11.7 Å². The van der Waals surface area contributed by atoms with Crippen molar-refractivity contribution in [3.8, 4) is 0 Å². The van der Waals surface area contributed by atoms with Gasteiger partial charge in [-0.2, -0.15) is 13.2 Å². The highest BCUT2D eigenvalue weighted by atomic mass is 32.1. The molecule has 0 bridgehead atoms. The summed E-state index contributed by atoms with van der Waals surface area (Å²) in [4.78, 5) is 28.5. The van der Waals surface area contributed by atoms with E-state index in [1.807, 2.05) is 31.4 Å². The van der Waals surface area contributed by atoms with E-state index in [0.29, 0.717) is 24.1 Å². The number of thiophene rings is 1. The number of hydrogen-bond donors (Lipinski definition) is 0. The first kappa shape index (κ1) is 19.9. The molecule has 1 atom stereocenters. The molecule has 0 saturated carbocycles. The van der Waals surface area contributed by atoms with Crippen LogP contribution in [0.4, 0.5) is 18.9 Å². The maximum Gasteiger partial charge on any atom is 0.416 e. The van der Waals surface area contributed by atoms with Gasteiger partial charge in [0.25, 0.3) is 0 Å². The lowest BCUT2D eigenvalue weighted by atomic mass is 9.70. The first-order chi connectivity index (χ1) is 13.6. The first-order valence-electron chi connectivity index (χ1n) is 9.37. The summed E-state index contributed by atoms with van der Waals surface area (Å²) in [6.07, 6.45) is -3.62. The number of amides is 1. The summed E-state index contributed by atoms with van der Waals surface area (Å²) in [5.41, 5.74) is 0.0937. The molecular weight excluding hydrogens is 399 g/mol. The number of nitrogens with zero attached hydrogens (tertiary/aromatic N) is 1. The summed E-state index contributed by atoms with van der Waals surface area (Å²) in [6, 6.07) is 8.54. The minimum atomic E-state index is -4.51. The number of anilines is 1. The minimum absolute atomic E-state index is 0.0286. The predicted octanol–water partition coefficient (Wildman–Crippen LogP) is 5.93. The third kappa shape index (κ3) is 3.64. The number of Topliss-reactive ketones (excluding diaryl/α,β-unsaturated/α-hetero) is 1. The lowest BCUT2D eigenvalue weighted by molar-refractivity contribution is -0.137. The van der Waals surface area contributed by atoms with Crippen LogP contribution >= 0.6 is 11.3 Å². The molecule has 0 radical (unpaired) electrons. The van der Waals surface area contributed by atoms with Crippen molar-refractivity contribution in [2.24, 2.45) is 5.41 Å². The van der Waals surface area contributed by atoms with Crippen LogP contribution in [0.25, 0.3) is 0 Å². The van der Waals surface area contributed by atoms with Crippen LogP contribution in [0.3, 0.4) is 0 Å². The highest BCUT2D eigenvalue weighted by Gasteiger charge is 2.45. The summed E-state index contributed by atoms with van der Waals surface area (Å²) in [7, 11) is 0. The van der Waals surface area contributed by atoms with Crippen LogP contribution in [-0.2, 0) is 15.8 Å². The summed E-state index contributed by atoms with van der Waals surface area (Å²) >= 11 is 1.49. The van der Waals surface area contributed by atoms with Crippen LogP contribution in [0.1, 0.15) is 49.5 Å². The zero-order chi connectivity index (χ0) is 21.0. The van der Waals surface area contributed by atoms with E-state index in [4.69, 9.17) is 0 Å². The normalized spacial score (nSPS) is 22.1. The van der Waals surface area contributed by atoms with Crippen LogP contribution in [0, 0.1) is 5.41 Å². The molecule has 1 aliphatic heterocycles. The zero-order valence-electron chi connectivity index (χ0n) is 16.0. The maximum absolute atomic E-state index is 13.2. The van der Waals surface area contributed by atoms with E-state index in [1.54, 1.807) is 0 Å². The lowest BCUT2D eigenvalue weighted by Crippen LogP contribution is -2.43. The fraction of sp³-hybridized carbons (Fsp3) is 0.364. The van der Waals surface area contributed by atoms with Crippen LogP contribution < -0.4 is 4.90 Å². The van der Waals surface area contributed by atoms with Gasteiger partial charge in [-0.25, -0.2) is 0 Å². The molecule has 1 aliphatic carbocycles. The largest absolute Gasteiger partial charge is 0.416 e. The van der Waals surface area contributed by atoms with Crippen molar-refractivity contribution in [1.29, 1.82) is 0 Å². The van der Waals surface area contributed by atoms with E-state index >= 15 is 0 Å². The number of benzene rings is 1. The average molecular weight is 419 g/mol. The molecule has 0 N–H and O–H groups in total. The Hall–Kier alpha value is -2.41. The Bertz CT molecular complexity index is 1010. The van der Waals surface area contributed by atoms with Gasteiger partial charge in [0.15, 0.2) is 5.78 Å². The molecule has 7 heteroatoms. The minimum Gasteiger partial charge on any atom is -0.294 e. The number of alkyl halides is 3. The Balaban J connectivity index is 1.89. The lowest BCUT2D eigenvalue weighted by Gasteiger charge is -2.42. The van der Waals surface area contributed by atoms with E-state index in [2.05, 4.69) is 0 Å². The number of ketones is 1. The molecular formula is C22H20F3NO2S. The molecule has 0 fully saturated rings. The van der Waals surface area contributed by atoms with Crippen LogP contribution in [0.2, 0.25) is 0 Å². The van der Waals surface area contributed by atoms with Gasteiger partial charge in [-0.1, -0.05) is 26.0 Å². The second-order valence-electron chi connectivity index (χ2n) is 8.35. The Labute approximate surface area is 170 Å². The molecule has 2 aliphatic rings. The van der Waals surface area contributed by atoms with E-state index in [0.717, 1.165) is 17.0 Å². The number of halogens is 3. The van der Waals surface area contributed by atoms with Crippen molar-refractivity contribution < 1.29 is 22.8 Å². The summed E-state index contributed by atoms with van der Waals surface area (Å²) < 4.78 is 39.7. The molecule has 1 unspecified atom stereocenters. The molecule has 2 aromatic rings. The van der Waals surface area contributed by atoms with Crippen molar-refractivity contribution in [1.82, 2.24) is 0 Å². The predicted molar refractivity (Wildman–Crippen MR) is 106 cm³/mol. The topological polar surface area (TPSA) is 37.4 Å². The molecule has 1 amide bonds. The van der Waals surface area contributed by atoms with Gasteiger partial charge in [0, 0.05) is 40.6 Å². The van der Waals surface area contributed by atoms with Crippen molar-refractivity contribution in [3.63, 3.8) is 0 Å². The van der Waals surface area contributed by atoms with Crippen LogP contribution in [0.5, 0.6) is 0 Å². The van der Waals surface area contributed by atoms with Gasteiger partial charge in [0.1, 0.15) is 0 Å². The van der Waals surface area contributed by atoms with Crippen molar-refractivity contribution in [2.75, 3.05) is 4.90 Å². The molecule has 0 saturated heterocycles. The highest BCUT2D eigenvalue weighted by Crippen LogP contribution is 2.49. The van der Waals surface area contributed by atoms with Gasteiger partial charge in [-0.15, -0.1) is 11.3 Å². The molecule has 0 spiro atoms. The van der Waals surface area contributed by atoms with Gasteiger partial charge in [-0.3, -0.25) is 14.5 Å². The number of carbonyl (C=O) groups excluding carboxylic acids is 2. The molecule has 4 rings (SSSR count). The standard InChI is InChI=1S/C22H20F3NO2S/c1-21(2)11-16-20(17(27)12-21)15(18-7-4-8-29-18)10-19(28)26(16)14-6-3-5-13(9-14)22(23,24)25/h3-9,15H,10-12H2,1-2H3. The van der Waals surface area contributed by atoms with Crippen molar-refractivity contribution in [3.05, 3.63) is 63.5 Å². The molecule has 1 aromatic carbocycles. The second-order valence-corrected chi connectivity index (χ2v) is 9.33. The number of allylic oxidation sites excluding steroid dienone is 2. The van der Waals surface area contributed by atoms with Crippen LogP contribution in [0.15, 0.2) is 53.0 Å². The molecule has 29 heavy (non-hydrogen) atoms. The zero-order valence-corrected chi connectivity index (χ0v) is 16.9. The van der Waals surface area contributed by atoms with E-state index in [-0.39, 0.29) is 35.1 Å². The van der Waals surface area contributed by atoms with Gasteiger partial charge >= 0.3 is 6.18 Å². The Morgan fingerprint density at radius 3 is 2.52 bits per heavy atom.